The molecule has 8 nitrogen and oxygen atoms in total. The summed E-state index contributed by atoms with van der Waals surface area (Å²) in [5.41, 5.74) is 1.48. The highest BCUT2D eigenvalue weighted by Gasteiger charge is 2.22. The Labute approximate surface area is 191 Å². The molecule has 1 saturated heterocycles. The molecule has 0 bridgehead atoms. The van der Waals surface area contributed by atoms with Crippen molar-refractivity contribution in [2.75, 3.05) is 6.61 Å². The van der Waals surface area contributed by atoms with E-state index in [9.17, 15) is 4.79 Å². The van der Waals surface area contributed by atoms with Crippen molar-refractivity contribution < 1.29 is 4.74 Å². The molecule has 0 amide bonds. The van der Waals surface area contributed by atoms with E-state index in [0.717, 1.165) is 41.0 Å². The fraction of sp³-hybridized carbons (Fsp3) is 0.350. The average molecular weight is 475 g/mol. The van der Waals surface area contributed by atoms with Crippen LogP contribution in [0.3, 0.4) is 0 Å². The number of fused-ring (bicyclic) bond motifs is 1. The average Bonchev–Trinajstić information content (AvgIpc) is 3.48. The summed E-state index contributed by atoms with van der Waals surface area (Å²) in [7, 11) is 0. The SMILES string of the molecule is Cc1cc(=O)n2nc(CSc3nnc(-c4ccc(Cl)cc4)n3CC3CCCO3)sc2n1. The number of nitrogens with zero attached hydrogens (tertiary/aromatic N) is 6. The van der Waals surface area contributed by atoms with Gasteiger partial charge in [-0.2, -0.15) is 9.61 Å². The number of halogens is 1. The van der Waals surface area contributed by atoms with Gasteiger partial charge in [-0.3, -0.25) is 9.36 Å². The first-order valence-corrected chi connectivity index (χ1v) is 12.0. The Kier molecular flexibility index (Phi) is 5.79. The largest absolute Gasteiger partial charge is 0.376 e. The Morgan fingerprint density at radius 3 is 2.90 bits per heavy atom. The van der Waals surface area contributed by atoms with Gasteiger partial charge < -0.3 is 4.74 Å². The molecule has 3 aromatic heterocycles. The molecule has 1 aliphatic rings. The molecule has 4 aromatic rings. The summed E-state index contributed by atoms with van der Waals surface area (Å²) in [5, 5.41) is 15.6. The van der Waals surface area contributed by atoms with Crippen LogP contribution in [0.2, 0.25) is 5.02 Å². The summed E-state index contributed by atoms with van der Waals surface area (Å²) >= 11 is 9.00. The Hall–Kier alpha value is -2.27. The van der Waals surface area contributed by atoms with E-state index in [1.54, 1.807) is 6.92 Å². The third kappa shape index (κ3) is 4.38. The summed E-state index contributed by atoms with van der Waals surface area (Å²) in [6, 6.07) is 9.08. The van der Waals surface area contributed by atoms with Crippen molar-refractivity contribution in [3.05, 3.63) is 56.4 Å². The zero-order chi connectivity index (χ0) is 21.4. The van der Waals surface area contributed by atoms with Gasteiger partial charge in [0.1, 0.15) is 5.01 Å². The van der Waals surface area contributed by atoms with Crippen LogP contribution in [-0.4, -0.2) is 42.1 Å². The van der Waals surface area contributed by atoms with Crippen LogP contribution >= 0.6 is 34.7 Å². The smallest absolute Gasteiger partial charge is 0.275 e. The second-order valence-electron chi connectivity index (χ2n) is 7.27. The van der Waals surface area contributed by atoms with Crippen LogP contribution < -0.4 is 5.56 Å². The normalized spacial score (nSPS) is 16.4. The fourth-order valence-electron chi connectivity index (χ4n) is 3.51. The van der Waals surface area contributed by atoms with Crippen molar-refractivity contribution >= 4 is 39.7 Å². The van der Waals surface area contributed by atoms with Gasteiger partial charge in [0.25, 0.3) is 5.56 Å². The molecule has 0 N–H and O–H groups in total. The third-order valence-corrected chi connectivity index (χ3v) is 7.29. The molecular formula is C20H19ClN6O2S2. The van der Waals surface area contributed by atoms with E-state index in [1.807, 2.05) is 24.3 Å². The first-order chi connectivity index (χ1) is 15.1. The maximum atomic E-state index is 12.1. The lowest BCUT2D eigenvalue weighted by molar-refractivity contribution is 0.0953. The Morgan fingerprint density at radius 2 is 2.13 bits per heavy atom. The molecule has 11 heteroatoms. The number of hydrogen-bond acceptors (Lipinski definition) is 8. The van der Waals surface area contributed by atoms with E-state index >= 15 is 0 Å². The van der Waals surface area contributed by atoms with E-state index in [-0.39, 0.29) is 11.7 Å². The van der Waals surface area contributed by atoms with Crippen LogP contribution in [0.15, 0.2) is 40.3 Å². The quantitative estimate of drug-likeness (QED) is 0.392. The monoisotopic (exact) mass is 474 g/mol. The van der Waals surface area contributed by atoms with Gasteiger partial charge in [-0.15, -0.1) is 10.2 Å². The van der Waals surface area contributed by atoms with E-state index in [4.69, 9.17) is 16.3 Å². The molecule has 1 aliphatic heterocycles. The lowest BCUT2D eigenvalue weighted by Gasteiger charge is -2.14. The van der Waals surface area contributed by atoms with Gasteiger partial charge in [0, 0.05) is 29.0 Å². The number of hydrogen-bond donors (Lipinski definition) is 0. The minimum Gasteiger partial charge on any atom is -0.376 e. The number of benzene rings is 1. The van der Waals surface area contributed by atoms with Crippen molar-refractivity contribution in [2.45, 2.75) is 43.3 Å². The Balaban J connectivity index is 1.43. The van der Waals surface area contributed by atoms with Gasteiger partial charge in [-0.05, 0) is 44.0 Å². The lowest BCUT2D eigenvalue weighted by Crippen LogP contribution is -2.16. The molecule has 31 heavy (non-hydrogen) atoms. The topological polar surface area (TPSA) is 87.2 Å². The number of aromatic nitrogens is 6. The van der Waals surface area contributed by atoms with Crippen molar-refractivity contribution in [2.24, 2.45) is 0 Å². The molecule has 1 atom stereocenters. The minimum atomic E-state index is -0.165. The van der Waals surface area contributed by atoms with E-state index < -0.39 is 0 Å². The van der Waals surface area contributed by atoms with E-state index in [2.05, 4.69) is 24.8 Å². The van der Waals surface area contributed by atoms with Crippen LogP contribution in [0.1, 0.15) is 23.5 Å². The van der Waals surface area contributed by atoms with Gasteiger partial charge in [-0.25, -0.2) is 4.98 Å². The zero-order valence-corrected chi connectivity index (χ0v) is 19.1. The first-order valence-electron chi connectivity index (χ1n) is 9.87. The molecule has 1 unspecified atom stereocenters. The molecule has 160 valence electrons. The molecule has 1 fully saturated rings. The Morgan fingerprint density at radius 1 is 1.29 bits per heavy atom. The fourth-order valence-corrected chi connectivity index (χ4v) is 5.51. The molecule has 0 radical (unpaired) electrons. The van der Waals surface area contributed by atoms with Gasteiger partial charge in [-0.1, -0.05) is 34.7 Å². The van der Waals surface area contributed by atoms with Gasteiger partial charge in [0.2, 0.25) is 4.96 Å². The molecular weight excluding hydrogens is 456 g/mol. The van der Waals surface area contributed by atoms with Crippen LogP contribution in [0, 0.1) is 6.92 Å². The highest BCUT2D eigenvalue weighted by molar-refractivity contribution is 7.98. The van der Waals surface area contributed by atoms with Gasteiger partial charge in [0.15, 0.2) is 11.0 Å². The van der Waals surface area contributed by atoms with Crippen molar-refractivity contribution in [3.8, 4) is 11.4 Å². The summed E-state index contributed by atoms with van der Waals surface area (Å²) in [6.07, 6.45) is 2.24. The van der Waals surface area contributed by atoms with E-state index in [1.165, 1.54) is 33.7 Å². The second kappa shape index (κ2) is 8.70. The molecule has 5 rings (SSSR count). The third-order valence-electron chi connectivity index (χ3n) is 4.97. The van der Waals surface area contributed by atoms with Crippen LogP contribution in [-0.2, 0) is 17.0 Å². The molecule has 0 aliphatic carbocycles. The number of ether oxygens (including phenoxy) is 1. The number of aryl methyl sites for hydroxylation is 1. The van der Waals surface area contributed by atoms with Crippen molar-refractivity contribution in [1.29, 1.82) is 0 Å². The van der Waals surface area contributed by atoms with Crippen LogP contribution in [0.4, 0.5) is 0 Å². The lowest BCUT2D eigenvalue weighted by atomic mass is 10.2. The maximum Gasteiger partial charge on any atom is 0.275 e. The summed E-state index contributed by atoms with van der Waals surface area (Å²) in [6.45, 7) is 3.28. The summed E-state index contributed by atoms with van der Waals surface area (Å²) < 4.78 is 9.31. The van der Waals surface area contributed by atoms with Crippen molar-refractivity contribution in [1.82, 2.24) is 29.4 Å². The van der Waals surface area contributed by atoms with Gasteiger partial charge >= 0.3 is 0 Å². The van der Waals surface area contributed by atoms with Crippen LogP contribution in [0.5, 0.6) is 0 Å². The minimum absolute atomic E-state index is 0.148. The summed E-state index contributed by atoms with van der Waals surface area (Å²) in [4.78, 5) is 17.1. The predicted molar refractivity (Wildman–Crippen MR) is 121 cm³/mol. The Bertz CT molecular complexity index is 1280. The highest BCUT2D eigenvalue weighted by atomic mass is 35.5. The van der Waals surface area contributed by atoms with Crippen molar-refractivity contribution in [3.63, 3.8) is 0 Å². The molecule has 0 saturated carbocycles. The first kappa shape index (κ1) is 20.6. The molecule has 0 spiro atoms. The maximum absolute atomic E-state index is 12.1. The zero-order valence-electron chi connectivity index (χ0n) is 16.7. The molecule has 1 aromatic carbocycles. The highest BCUT2D eigenvalue weighted by Crippen LogP contribution is 2.29. The van der Waals surface area contributed by atoms with E-state index in [0.29, 0.717) is 28.0 Å². The van der Waals surface area contributed by atoms with Gasteiger partial charge in [0.05, 0.1) is 18.4 Å². The van der Waals surface area contributed by atoms with Crippen LogP contribution in [0.25, 0.3) is 16.3 Å². The number of thioether (sulfide) groups is 1. The standard InChI is InChI=1S/C20H19ClN6O2S2/c1-12-9-17(28)27-19(22-12)31-16(25-27)11-30-20-24-23-18(13-4-6-14(21)7-5-13)26(20)10-15-3-2-8-29-15/h4-7,9,15H,2-3,8,10-11H2,1H3. The second-order valence-corrected chi connectivity index (χ2v) is 9.69. The number of rotatable bonds is 6. The summed E-state index contributed by atoms with van der Waals surface area (Å²) in [5.74, 6) is 1.35. The molecule has 4 heterocycles. The predicted octanol–water partition coefficient (Wildman–Crippen LogP) is 3.84.